The second-order valence-corrected chi connectivity index (χ2v) is 4.11. The minimum absolute atomic E-state index is 0.165. The Morgan fingerprint density at radius 1 is 1.53 bits per heavy atom. The van der Waals surface area contributed by atoms with Crippen LogP contribution in [0, 0.1) is 0 Å². The molecule has 100 valence electrons. The lowest BCUT2D eigenvalue weighted by atomic mass is 10.1. The number of hydrogen-bond donors (Lipinski definition) is 3. The summed E-state index contributed by atoms with van der Waals surface area (Å²) in [5.41, 5.74) is 5.88. The fourth-order valence-electron chi connectivity index (χ4n) is 1.66. The SMILES string of the molecule is Cn1cnnc1CCNC(=O)c1cccc(N)c1O. The predicted octanol–water partition coefficient (Wildman–Crippen LogP) is 0.0754. The van der Waals surface area contributed by atoms with E-state index in [0.29, 0.717) is 13.0 Å². The minimum Gasteiger partial charge on any atom is -0.505 e. The second kappa shape index (κ2) is 5.38. The van der Waals surface area contributed by atoms with Crippen LogP contribution in [0.15, 0.2) is 24.5 Å². The zero-order chi connectivity index (χ0) is 13.8. The van der Waals surface area contributed by atoms with Gasteiger partial charge >= 0.3 is 0 Å². The number of aromatic hydroxyl groups is 1. The van der Waals surface area contributed by atoms with Crippen LogP contribution in [0.3, 0.4) is 0 Å². The van der Waals surface area contributed by atoms with Crippen molar-refractivity contribution < 1.29 is 9.90 Å². The van der Waals surface area contributed by atoms with Crippen LogP contribution in [0.1, 0.15) is 16.2 Å². The summed E-state index contributed by atoms with van der Waals surface area (Å²) in [4.78, 5) is 11.9. The first-order valence-corrected chi connectivity index (χ1v) is 5.78. The number of nitrogens with one attached hydrogen (secondary N) is 1. The first-order valence-electron chi connectivity index (χ1n) is 5.78. The van der Waals surface area contributed by atoms with E-state index in [0.717, 1.165) is 5.82 Å². The summed E-state index contributed by atoms with van der Waals surface area (Å²) in [5, 5.41) is 20.0. The molecule has 0 aliphatic heterocycles. The number of aromatic nitrogens is 3. The number of benzene rings is 1. The maximum Gasteiger partial charge on any atom is 0.255 e. The van der Waals surface area contributed by atoms with Gasteiger partial charge < -0.3 is 20.7 Å². The van der Waals surface area contributed by atoms with Gasteiger partial charge in [-0.1, -0.05) is 6.07 Å². The first-order chi connectivity index (χ1) is 9.09. The second-order valence-electron chi connectivity index (χ2n) is 4.11. The van der Waals surface area contributed by atoms with Gasteiger partial charge in [0.15, 0.2) is 5.75 Å². The fourth-order valence-corrected chi connectivity index (χ4v) is 1.66. The molecule has 19 heavy (non-hydrogen) atoms. The van der Waals surface area contributed by atoms with E-state index in [-0.39, 0.29) is 22.9 Å². The van der Waals surface area contributed by atoms with Crippen LogP contribution >= 0.6 is 0 Å². The summed E-state index contributed by atoms with van der Waals surface area (Å²) in [6.07, 6.45) is 2.16. The maximum absolute atomic E-state index is 11.9. The number of carbonyl (C=O) groups is 1. The van der Waals surface area contributed by atoms with E-state index in [9.17, 15) is 9.90 Å². The number of nitrogens with two attached hydrogens (primary N) is 1. The first kappa shape index (κ1) is 12.9. The molecule has 2 aromatic rings. The molecule has 0 aliphatic rings. The molecule has 0 aliphatic carbocycles. The largest absolute Gasteiger partial charge is 0.505 e. The number of amides is 1. The van der Waals surface area contributed by atoms with E-state index in [1.165, 1.54) is 12.1 Å². The Labute approximate surface area is 110 Å². The van der Waals surface area contributed by atoms with Crippen molar-refractivity contribution in [3.8, 4) is 5.75 Å². The third-order valence-corrected chi connectivity index (χ3v) is 2.75. The van der Waals surface area contributed by atoms with Crippen LogP contribution in [-0.4, -0.2) is 32.3 Å². The Morgan fingerprint density at radius 2 is 2.32 bits per heavy atom. The van der Waals surface area contributed by atoms with Crippen LogP contribution in [-0.2, 0) is 13.5 Å². The van der Waals surface area contributed by atoms with E-state index < -0.39 is 0 Å². The van der Waals surface area contributed by atoms with Crippen LogP contribution in [0.4, 0.5) is 5.69 Å². The van der Waals surface area contributed by atoms with Crippen molar-refractivity contribution in [2.45, 2.75) is 6.42 Å². The Bertz CT molecular complexity index is 594. The van der Waals surface area contributed by atoms with Gasteiger partial charge in [0.1, 0.15) is 12.2 Å². The zero-order valence-electron chi connectivity index (χ0n) is 10.5. The molecule has 0 bridgehead atoms. The average Bonchev–Trinajstić information content (AvgIpc) is 2.78. The van der Waals surface area contributed by atoms with Gasteiger partial charge in [0, 0.05) is 20.0 Å². The van der Waals surface area contributed by atoms with Gasteiger partial charge in [0.2, 0.25) is 0 Å². The lowest BCUT2D eigenvalue weighted by Crippen LogP contribution is -2.26. The molecule has 0 spiro atoms. The van der Waals surface area contributed by atoms with Gasteiger partial charge in [-0.2, -0.15) is 0 Å². The van der Waals surface area contributed by atoms with Crippen molar-refractivity contribution in [1.82, 2.24) is 20.1 Å². The molecular formula is C12H15N5O2. The molecule has 4 N–H and O–H groups in total. The van der Waals surface area contributed by atoms with E-state index in [2.05, 4.69) is 15.5 Å². The van der Waals surface area contributed by atoms with Crippen molar-refractivity contribution in [1.29, 1.82) is 0 Å². The number of aryl methyl sites for hydroxylation is 1. The molecule has 7 heteroatoms. The molecule has 1 amide bonds. The summed E-state index contributed by atoms with van der Waals surface area (Å²) in [6.45, 7) is 0.402. The van der Waals surface area contributed by atoms with Crippen molar-refractivity contribution in [2.24, 2.45) is 7.05 Å². The highest BCUT2D eigenvalue weighted by atomic mass is 16.3. The quantitative estimate of drug-likeness (QED) is 0.533. The zero-order valence-corrected chi connectivity index (χ0v) is 10.5. The molecule has 7 nitrogen and oxygen atoms in total. The smallest absolute Gasteiger partial charge is 0.255 e. The Hall–Kier alpha value is -2.57. The molecule has 2 rings (SSSR count). The molecule has 0 atom stereocenters. The normalized spacial score (nSPS) is 10.4. The summed E-state index contributed by atoms with van der Waals surface area (Å²) in [5.74, 6) is 0.211. The molecule has 1 heterocycles. The Kier molecular flexibility index (Phi) is 3.65. The van der Waals surface area contributed by atoms with Gasteiger partial charge in [-0.05, 0) is 12.1 Å². The third-order valence-electron chi connectivity index (χ3n) is 2.75. The highest BCUT2D eigenvalue weighted by Crippen LogP contribution is 2.23. The number of anilines is 1. The van der Waals surface area contributed by atoms with Gasteiger partial charge in [-0.15, -0.1) is 10.2 Å². The molecule has 0 saturated carbocycles. The minimum atomic E-state index is -0.369. The lowest BCUT2D eigenvalue weighted by molar-refractivity contribution is 0.0951. The van der Waals surface area contributed by atoms with E-state index in [1.807, 2.05) is 7.05 Å². The Morgan fingerprint density at radius 3 is 3.00 bits per heavy atom. The number of nitrogens with zero attached hydrogens (tertiary/aromatic N) is 3. The molecule has 1 aromatic carbocycles. The van der Waals surface area contributed by atoms with Crippen molar-refractivity contribution >= 4 is 11.6 Å². The number of nitrogen functional groups attached to an aromatic ring is 1. The van der Waals surface area contributed by atoms with E-state index in [4.69, 9.17) is 5.73 Å². The molecular weight excluding hydrogens is 246 g/mol. The van der Waals surface area contributed by atoms with Crippen LogP contribution in [0.2, 0.25) is 0 Å². The predicted molar refractivity (Wildman–Crippen MR) is 69.6 cm³/mol. The molecule has 0 unspecified atom stereocenters. The lowest BCUT2D eigenvalue weighted by Gasteiger charge is -2.07. The van der Waals surface area contributed by atoms with Gasteiger partial charge in [-0.3, -0.25) is 4.79 Å². The topological polar surface area (TPSA) is 106 Å². The highest BCUT2D eigenvalue weighted by molar-refractivity contribution is 5.98. The number of hydrogen-bond acceptors (Lipinski definition) is 5. The molecule has 1 aromatic heterocycles. The van der Waals surface area contributed by atoms with Crippen molar-refractivity contribution in [3.05, 3.63) is 35.9 Å². The number of phenolic OH excluding ortho intramolecular Hbond substituents is 1. The standard InChI is InChI=1S/C12H15N5O2/c1-17-7-15-16-10(17)5-6-14-12(19)8-3-2-4-9(13)11(8)18/h2-4,7,18H,5-6,13H2,1H3,(H,14,19). The molecule has 0 saturated heterocycles. The van der Waals surface area contributed by atoms with Crippen molar-refractivity contribution in [2.75, 3.05) is 12.3 Å². The Balaban J connectivity index is 1.95. The summed E-state index contributed by atoms with van der Waals surface area (Å²) < 4.78 is 1.78. The number of carbonyl (C=O) groups excluding carboxylic acids is 1. The highest BCUT2D eigenvalue weighted by Gasteiger charge is 2.12. The van der Waals surface area contributed by atoms with Crippen LogP contribution in [0.25, 0.3) is 0 Å². The van der Waals surface area contributed by atoms with E-state index in [1.54, 1.807) is 17.0 Å². The van der Waals surface area contributed by atoms with Gasteiger partial charge in [0.25, 0.3) is 5.91 Å². The number of phenols is 1. The van der Waals surface area contributed by atoms with Crippen LogP contribution in [0.5, 0.6) is 5.75 Å². The third kappa shape index (κ3) is 2.82. The number of rotatable bonds is 4. The summed E-state index contributed by atoms with van der Waals surface area (Å²) in [7, 11) is 1.83. The van der Waals surface area contributed by atoms with Crippen LogP contribution < -0.4 is 11.1 Å². The summed E-state index contributed by atoms with van der Waals surface area (Å²) in [6, 6.07) is 4.67. The summed E-state index contributed by atoms with van der Waals surface area (Å²) >= 11 is 0. The number of para-hydroxylation sites is 1. The van der Waals surface area contributed by atoms with Gasteiger partial charge in [0.05, 0.1) is 11.3 Å². The van der Waals surface area contributed by atoms with Gasteiger partial charge in [-0.25, -0.2) is 0 Å². The molecule has 0 fully saturated rings. The fraction of sp³-hybridized carbons (Fsp3) is 0.250. The maximum atomic E-state index is 11.9. The molecule has 0 radical (unpaired) electrons. The average molecular weight is 261 g/mol. The monoisotopic (exact) mass is 261 g/mol. The van der Waals surface area contributed by atoms with E-state index >= 15 is 0 Å². The van der Waals surface area contributed by atoms with Crippen molar-refractivity contribution in [3.63, 3.8) is 0 Å².